The Kier molecular flexibility index (Phi) is 4.31. The first kappa shape index (κ1) is 13.3. The fourth-order valence-corrected chi connectivity index (χ4v) is 1.29. The Hall–Kier alpha value is -1.78. The molecule has 5 nitrogen and oxygen atoms in total. The van der Waals surface area contributed by atoms with Gasteiger partial charge in [-0.05, 0) is 33.8 Å². The minimum absolute atomic E-state index is 0.0325. The maximum absolute atomic E-state index is 11.2. The number of aromatic carboxylic acids is 1. The van der Waals surface area contributed by atoms with Crippen molar-refractivity contribution >= 4 is 5.97 Å². The summed E-state index contributed by atoms with van der Waals surface area (Å²) in [5.41, 5.74) is -0.0325. The summed E-state index contributed by atoms with van der Waals surface area (Å²) in [4.78, 5) is 15.1. The van der Waals surface area contributed by atoms with Crippen LogP contribution in [0, 0.1) is 0 Å². The minimum Gasteiger partial charge on any atom is -0.490 e. The highest BCUT2D eigenvalue weighted by Crippen LogP contribution is 2.27. The number of pyridine rings is 1. The third kappa shape index (κ3) is 3.62. The van der Waals surface area contributed by atoms with Gasteiger partial charge < -0.3 is 14.6 Å². The van der Waals surface area contributed by atoms with Crippen LogP contribution in [0.15, 0.2) is 12.3 Å². The fourth-order valence-electron chi connectivity index (χ4n) is 1.29. The molecule has 0 amide bonds. The summed E-state index contributed by atoms with van der Waals surface area (Å²) < 4.78 is 10.8. The standard InChI is InChI=1S/C12H17NO4/c1-7(2)16-9-5-6-13-11(17-8(3)4)10(9)12(14)15/h5-8H,1-4H3,(H,14,15). The Labute approximate surface area is 100 Å². The molecule has 1 rings (SSSR count). The highest BCUT2D eigenvalue weighted by Gasteiger charge is 2.20. The number of carboxylic acids is 1. The molecular weight excluding hydrogens is 222 g/mol. The van der Waals surface area contributed by atoms with Gasteiger partial charge in [-0.1, -0.05) is 0 Å². The zero-order valence-corrected chi connectivity index (χ0v) is 10.4. The van der Waals surface area contributed by atoms with Crippen LogP contribution >= 0.6 is 0 Å². The summed E-state index contributed by atoms with van der Waals surface area (Å²) in [7, 11) is 0. The monoisotopic (exact) mass is 239 g/mol. The smallest absolute Gasteiger partial charge is 0.345 e. The number of aromatic nitrogens is 1. The Morgan fingerprint density at radius 2 is 1.82 bits per heavy atom. The Balaban J connectivity index is 3.17. The van der Waals surface area contributed by atoms with Crippen LogP contribution in [0.2, 0.25) is 0 Å². The van der Waals surface area contributed by atoms with Crippen LogP contribution in [0.5, 0.6) is 11.6 Å². The van der Waals surface area contributed by atoms with E-state index >= 15 is 0 Å². The fraction of sp³-hybridized carbons (Fsp3) is 0.500. The van der Waals surface area contributed by atoms with E-state index in [0.29, 0.717) is 0 Å². The molecule has 0 saturated carbocycles. The first-order chi connectivity index (χ1) is 7.91. The number of carbonyl (C=O) groups is 1. The second kappa shape index (κ2) is 5.52. The van der Waals surface area contributed by atoms with E-state index in [4.69, 9.17) is 9.47 Å². The largest absolute Gasteiger partial charge is 0.490 e. The molecule has 0 bridgehead atoms. The summed E-state index contributed by atoms with van der Waals surface area (Å²) in [6.45, 7) is 7.27. The third-order valence-electron chi connectivity index (χ3n) is 1.80. The molecule has 94 valence electrons. The first-order valence-corrected chi connectivity index (χ1v) is 5.47. The molecule has 0 radical (unpaired) electrons. The molecule has 1 heterocycles. The van der Waals surface area contributed by atoms with Gasteiger partial charge in [0, 0.05) is 6.20 Å². The molecule has 0 aliphatic rings. The highest BCUT2D eigenvalue weighted by molar-refractivity contribution is 5.93. The first-order valence-electron chi connectivity index (χ1n) is 5.47. The number of hydrogen-bond donors (Lipinski definition) is 1. The van der Waals surface area contributed by atoms with E-state index in [1.165, 1.54) is 12.3 Å². The molecule has 0 atom stereocenters. The molecular formula is C12H17NO4. The zero-order chi connectivity index (χ0) is 13.0. The number of carboxylic acid groups (broad SMARTS) is 1. The molecule has 0 aliphatic heterocycles. The van der Waals surface area contributed by atoms with Gasteiger partial charge in [0.05, 0.1) is 12.2 Å². The van der Waals surface area contributed by atoms with Gasteiger partial charge in [0.15, 0.2) is 5.56 Å². The van der Waals surface area contributed by atoms with Crippen molar-refractivity contribution in [3.63, 3.8) is 0 Å². The van der Waals surface area contributed by atoms with Crippen molar-refractivity contribution in [2.45, 2.75) is 39.9 Å². The van der Waals surface area contributed by atoms with Crippen molar-refractivity contribution in [3.05, 3.63) is 17.8 Å². The van der Waals surface area contributed by atoms with Crippen LogP contribution in [0.1, 0.15) is 38.1 Å². The molecule has 17 heavy (non-hydrogen) atoms. The van der Waals surface area contributed by atoms with Crippen molar-refractivity contribution in [2.24, 2.45) is 0 Å². The molecule has 0 spiro atoms. The summed E-state index contributed by atoms with van der Waals surface area (Å²) in [5, 5.41) is 9.17. The molecule has 0 aromatic carbocycles. The SMILES string of the molecule is CC(C)Oc1ccnc(OC(C)C)c1C(=O)O. The number of ether oxygens (including phenoxy) is 2. The Morgan fingerprint density at radius 3 is 2.29 bits per heavy atom. The van der Waals surface area contributed by atoms with Crippen LogP contribution in [0.4, 0.5) is 0 Å². The van der Waals surface area contributed by atoms with E-state index in [1.807, 2.05) is 27.7 Å². The molecule has 0 aliphatic carbocycles. The van der Waals surface area contributed by atoms with Gasteiger partial charge in [-0.25, -0.2) is 9.78 Å². The van der Waals surface area contributed by atoms with Crippen LogP contribution < -0.4 is 9.47 Å². The van der Waals surface area contributed by atoms with Gasteiger partial charge in [0.2, 0.25) is 5.88 Å². The second-order valence-electron chi connectivity index (χ2n) is 4.13. The van der Waals surface area contributed by atoms with Gasteiger partial charge in [0.1, 0.15) is 5.75 Å². The predicted molar refractivity (Wildman–Crippen MR) is 62.7 cm³/mol. The molecule has 1 aromatic rings. The summed E-state index contributed by atoms with van der Waals surface area (Å²) >= 11 is 0. The topological polar surface area (TPSA) is 68.7 Å². The van der Waals surface area contributed by atoms with E-state index < -0.39 is 5.97 Å². The van der Waals surface area contributed by atoms with Crippen LogP contribution in [-0.2, 0) is 0 Å². The number of rotatable bonds is 5. The Bertz CT molecular complexity index is 373. The van der Waals surface area contributed by atoms with Crippen LogP contribution in [0.25, 0.3) is 0 Å². The number of nitrogens with zero attached hydrogens (tertiary/aromatic N) is 1. The third-order valence-corrected chi connectivity index (χ3v) is 1.80. The molecule has 0 saturated heterocycles. The molecule has 5 heteroatoms. The van der Waals surface area contributed by atoms with Crippen LogP contribution in [-0.4, -0.2) is 28.3 Å². The zero-order valence-electron chi connectivity index (χ0n) is 10.4. The minimum atomic E-state index is -1.11. The highest BCUT2D eigenvalue weighted by atomic mass is 16.5. The van der Waals surface area contributed by atoms with Crippen molar-refractivity contribution in [3.8, 4) is 11.6 Å². The van der Waals surface area contributed by atoms with E-state index in [0.717, 1.165) is 0 Å². The van der Waals surface area contributed by atoms with Crippen molar-refractivity contribution in [1.29, 1.82) is 0 Å². The van der Waals surface area contributed by atoms with Gasteiger partial charge in [-0.2, -0.15) is 0 Å². The van der Waals surface area contributed by atoms with Gasteiger partial charge in [-0.15, -0.1) is 0 Å². The van der Waals surface area contributed by atoms with E-state index in [1.54, 1.807) is 0 Å². The van der Waals surface area contributed by atoms with Crippen LogP contribution in [0.3, 0.4) is 0 Å². The van der Waals surface area contributed by atoms with Gasteiger partial charge in [-0.3, -0.25) is 0 Å². The normalized spacial score (nSPS) is 10.7. The van der Waals surface area contributed by atoms with E-state index in [9.17, 15) is 9.90 Å². The van der Waals surface area contributed by atoms with Crippen molar-refractivity contribution < 1.29 is 19.4 Å². The van der Waals surface area contributed by atoms with Crippen molar-refractivity contribution in [1.82, 2.24) is 4.98 Å². The lowest BCUT2D eigenvalue weighted by molar-refractivity contribution is 0.0682. The summed E-state index contributed by atoms with van der Waals surface area (Å²) in [6.07, 6.45) is 1.22. The second-order valence-corrected chi connectivity index (χ2v) is 4.13. The lowest BCUT2D eigenvalue weighted by Crippen LogP contribution is -2.15. The quantitative estimate of drug-likeness (QED) is 0.854. The van der Waals surface area contributed by atoms with Gasteiger partial charge in [0.25, 0.3) is 0 Å². The molecule has 0 unspecified atom stereocenters. The molecule has 0 fully saturated rings. The predicted octanol–water partition coefficient (Wildman–Crippen LogP) is 2.35. The van der Waals surface area contributed by atoms with Crippen molar-refractivity contribution in [2.75, 3.05) is 0 Å². The van der Waals surface area contributed by atoms with Gasteiger partial charge >= 0.3 is 5.97 Å². The maximum Gasteiger partial charge on any atom is 0.345 e. The average molecular weight is 239 g/mol. The Morgan fingerprint density at radius 1 is 1.24 bits per heavy atom. The molecule has 1 N–H and O–H groups in total. The summed E-state index contributed by atoms with van der Waals surface area (Å²) in [6, 6.07) is 1.52. The maximum atomic E-state index is 11.2. The molecule has 1 aromatic heterocycles. The lowest BCUT2D eigenvalue weighted by atomic mass is 10.2. The summed E-state index contributed by atoms with van der Waals surface area (Å²) in [5.74, 6) is -0.742. The van der Waals surface area contributed by atoms with E-state index in [2.05, 4.69) is 4.98 Å². The average Bonchev–Trinajstić information content (AvgIpc) is 2.14. The lowest BCUT2D eigenvalue weighted by Gasteiger charge is -2.15. The number of hydrogen-bond acceptors (Lipinski definition) is 4. The van der Waals surface area contributed by atoms with E-state index in [-0.39, 0.29) is 29.4 Å².